The average Bonchev–Trinajstić information content (AvgIpc) is 3.44. The quantitative estimate of drug-likeness (QED) is 0.215. The molecule has 0 radical (unpaired) electrons. The Morgan fingerprint density at radius 3 is 2.64 bits per heavy atom. The maximum Gasteiger partial charge on any atom is 0.297 e. The number of hydrogen-bond donors (Lipinski definition) is 0. The fourth-order valence-electron chi connectivity index (χ4n) is 4.86. The van der Waals surface area contributed by atoms with Gasteiger partial charge in [-0.1, -0.05) is 38.0 Å². The molecule has 0 saturated carbocycles. The number of aryl methyl sites for hydroxylation is 1. The number of benzene rings is 2. The zero-order chi connectivity index (χ0) is 27.6. The standard InChI is InChI=1S/C29H33N5O4S/c1-4-5-8-15-38-39(36,37)23-12-11-21(2)27(16-23)33-14-13-29(3,28(35)20-33)34-19-22(17-31-34)26-18-30-24-9-6-7-10-25(24)32-26/h6-7,9-12,16-19H,4-5,8,13-15,20H2,1-3H3. The van der Waals surface area contributed by atoms with Gasteiger partial charge < -0.3 is 4.90 Å². The Labute approximate surface area is 229 Å². The van der Waals surface area contributed by atoms with Gasteiger partial charge in [-0.3, -0.25) is 18.6 Å². The van der Waals surface area contributed by atoms with Crippen LogP contribution in [0, 0.1) is 6.92 Å². The summed E-state index contributed by atoms with van der Waals surface area (Å²) in [4.78, 5) is 24.8. The molecule has 2 aromatic carbocycles. The van der Waals surface area contributed by atoms with Crippen molar-refractivity contribution in [2.45, 2.75) is 56.9 Å². The van der Waals surface area contributed by atoms with E-state index in [1.807, 2.05) is 49.2 Å². The maximum atomic E-state index is 13.5. The van der Waals surface area contributed by atoms with E-state index in [1.54, 1.807) is 35.3 Å². The number of fused-ring (bicyclic) bond motifs is 1. The maximum absolute atomic E-state index is 13.5. The lowest BCUT2D eigenvalue weighted by Crippen LogP contribution is -2.52. The lowest BCUT2D eigenvalue weighted by Gasteiger charge is -2.39. The predicted molar refractivity (Wildman–Crippen MR) is 150 cm³/mol. The van der Waals surface area contributed by atoms with Crippen molar-refractivity contribution < 1.29 is 17.4 Å². The van der Waals surface area contributed by atoms with Gasteiger partial charge in [0, 0.05) is 24.0 Å². The van der Waals surface area contributed by atoms with Gasteiger partial charge in [-0.05, 0) is 56.5 Å². The predicted octanol–water partition coefficient (Wildman–Crippen LogP) is 4.89. The third-order valence-electron chi connectivity index (χ3n) is 7.43. The molecule has 39 heavy (non-hydrogen) atoms. The first-order chi connectivity index (χ1) is 18.7. The molecule has 0 spiro atoms. The van der Waals surface area contributed by atoms with Crippen LogP contribution in [-0.2, 0) is 24.6 Å². The van der Waals surface area contributed by atoms with Gasteiger partial charge in [-0.2, -0.15) is 13.5 Å². The normalized spacial score (nSPS) is 18.1. The van der Waals surface area contributed by atoms with E-state index in [1.165, 1.54) is 0 Å². The summed E-state index contributed by atoms with van der Waals surface area (Å²) < 4.78 is 32.5. The fraction of sp³-hybridized carbons (Fsp3) is 0.379. The summed E-state index contributed by atoms with van der Waals surface area (Å²) in [5, 5.41) is 4.54. The van der Waals surface area contributed by atoms with Crippen LogP contribution in [0.15, 0.2) is 66.0 Å². The first-order valence-electron chi connectivity index (χ1n) is 13.3. The minimum absolute atomic E-state index is 0.00327. The highest BCUT2D eigenvalue weighted by atomic mass is 32.2. The van der Waals surface area contributed by atoms with Crippen molar-refractivity contribution >= 4 is 32.6 Å². The molecule has 4 aromatic rings. The first kappa shape index (κ1) is 27.0. The van der Waals surface area contributed by atoms with E-state index in [2.05, 4.69) is 17.0 Å². The number of unbranched alkanes of at least 4 members (excludes halogenated alkanes) is 2. The van der Waals surface area contributed by atoms with E-state index in [0.717, 1.165) is 40.7 Å². The number of aromatic nitrogens is 4. The number of ketones is 1. The van der Waals surface area contributed by atoms with Crippen molar-refractivity contribution in [2.75, 3.05) is 24.6 Å². The highest BCUT2D eigenvalue weighted by Crippen LogP contribution is 2.33. The summed E-state index contributed by atoms with van der Waals surface area (Å²) >= 11 is 0. The first-order valence-corrected chi connectivity index (χ1v) is 14.7. The van der Waals surface area contributed by atoms with Crippen molar-refractivity contribution in [3.8, 4) is 11.3 Å². The molecule has 1 saturated heterocycles. The lowest BCUT2D eigenvalue weighted by atomic mass is 9.88. The van der Waals surface area contributed by atoms with Gasteiger partial charge in [0.25, 0.3) is 10.1 Å². The average molecular weight is 548 g/mol. The Morgan fingerprint density at radius 1 is 1.08 bits per heavy atom. The Morgan fingerprint density at radius 2 is 1.87 bits per heavy atom. The third kappa shape index (κ3) is 5.44. The number of anilines is 1. The molecular weight excluding hydrogens is 514 g/mol. The Bertz CT molecular complexity index is 1620. The van der Waals surface area contributed by atoms with Crippen molar-refractivity contribution in [3.63, 3.8) is 0 Å². The number of rotatable bonds is 9. The van der Waals surface area contributed by atoms with Crippen molar-refractivity contribution in [1.82, 2.24) is 19.7 Å². The van der Waals surface area contributed by atoms with E-state index in [0.29, 0.717) is 25.1 Å². The van der Waals surface area contributed by atoms with Gasteiger partial charge in [0.05, 0.1) is 47.2 Å². The summed E-state index contributed by atoms with van der Waals surface area (Å²) in [5.74, 6) is -0.00327. The zero-order valence-corrected chi connectivity index (χ0v) is 23.3. The molecule has 1 fully saturated rings. The van der Waals surface area contributed by atoms with Crippen LogP contribution in [0.2, 0.25) is 0 Å². The van der Waals surface area contributed by atoms with E-state index >= 15 is 0 Å². The highest BCUT2D eigenvalue weighted by molar-refractivity contribution is 7.86. The molecule has 1 unspecified atom stereocenters. The molecule has 9 nitrogen and oxygen atoms in total. The summed E-state index contributed by atoms with van der Waals surface area (Å²) in [6.45, 7) is 6.73. The van der Waals surface area contributed by atoms with Crippen LogP contribution < -0.4 is 4.90 Å². The summed E-state index contributed by atoms with van der Waals surface area (Å²) in [7, 11) is -3.87. The molecule has 0 bridgehead atoms. The molecule has 2 aromatic heterocycles. The molecule has 204 valence electrons. The Balaban J connectivity index is 1.33. The topological polar surface area (TPSA) is 107 Å². The van der Waals surface area contributed by atoms with E-state index in [9.17, 15) is 13.2 Å². The minimum atomic E-state index is -3.87. The number of carbonyl (C=O) groups excluding carboxylic acids is 1. The van der Waals surface area contributed by atoms with Gasteiger partial charge in [0.1, 0.15) is 5.54 Å². The molecule has 0 N–H and O–H groups in total. The number of hydrogen-bond acceptors (Lipinski definition) is 8. The van der Waals surface area contributed by atoms with Gasteiger partial charge in [-0.25, -0.2) is 4.98 Å². The molecule has 5 rings (SSSR count). The monoisotopic (exact) mass is 547 g/mol. The smallest absolute Gasteiger partial charge is 0.297 e. The lowest BCUT2D eigenvalue weighted by molar-refractivity contribution is -0.127. The van der Waals surface area contributed by atoms with Crippen molar-refractivity contribution in [1.29, 1.82) is 0 Å². The van der Waals surface area contributed by atoms with Crippen LogP contribution in [0.25, 0.3) is 22.3 Å². The second-order valence-electron chi connectivity index (χ2n) is 10.2. The van der Waals surface area contributed by atoms with Crippen LogP contribution in [0.4, 0.5) is 5.69 Å². The number of nitrogens with zero attached hydrogens (tertiary/aromatic N) is 5. The Hall–Kier alpha value is -3.63. The summed E-state index contributed by atoms with van der Waals surface area (Å²) in [5.41, 5.74) is 3.88. The van der Waals surface area contributed by atoms with Gasteiger partial charge in [0.2, 0.25) is 0 Å². The molecular formula is C29H33N5O4S. The van der Waals surface area contributed by atoms with E-state index in [-0.39, 0.29) is 23.8 Å². The number of piperidine rings is 1. The van der Waals surface area contributed by atoms with Crippen LogP contribution in [0.1, 0.15) is 45.1 Å². The molecule has 0 amide bonds. The second kappa shape index (κ2) is 10.9. The van der Waals surface area contributed by atoms with Gasteiger partial charge in [0.15, 0.2) is 5.78 Å². The molecule has 0 aliphatic carbocycles. The largest absolute Gasteiger partial charge is 0.364 e. The summed E-state index contributed by atoms with van der Waals surface area (Å²) in [6.07, 6.45) is 8.38. The molecule has 1 aliphatic rings. The summed E-state index contributed by atoms with van der Waals surface area (Å²) in [6, 6.07) is 12.6. The Kier molecular flexibility index (Phi) is 7.51. The third-order valence-corrected chi connectivity index (χ3v) is 8.74. The highest BCUT2D eigenvalue weighted by Gasteiger charge is 2.41. The molecule has 1 aliphatic heterocycles. The van der Waals surface area contributed by atoms with Crippen molar-refractivity contribution in [3.05, 3.63) is 66.6 Å². The minimum Gasteiger partial charge on any atom is -0.364 e. The van der Waals surface area contributed by atoms with Gasteiger partial charge >= 0.3 is 0 Å². The zero-order valence-electron chi connectivity index (χ0n) is 22.5. The van der Waals surface area contributed by atoms with Crippen LogP contribution in [0.5, 0.6) is 0 Å². The van der Waals surface area contributed by atoms with Crippen LogP contribution in [-0.4, -0.2) is 53.6 Å². The number of Topliss-reactive ketones (excluding diaryl/α,β-unsaturated/α-hetero) is 1. The second-order valence-corrected chi connectivity index (χ2v) is 11.8. The SMILES string of the molecule is CCCCCOS(=O)(=O)c1ccc(C)c(N2CCC(C)(n3cc(-c4cnc5ccccc5n4)cn3)C(=O)C2)c1. The van der Waals surface area contributed by atoms with E-state index in [4.69, 9.17) is 9.17 Å². The van der Waals surface area contributed by atoms with Crippen LogP contribution in [0.3, 0.4) is 0 Å². The fourth-order valence-corrected chi connectivity index (χ4v) is 5.82. The van der Waals surface area contributed by atoms with Crippen molar-refractivity contribution in [2.24, 2.45) is 0 Å². The van der Waals surface area contributed by atoms with Crippen LogP contribution >= 0.6 is 0 Å². The molecule has 10 heteroatoms. The van der Waals surface area contributed by atoms with Gasteiger partial charge in [-0.15, -0.1) is 0 Å². The van der Waals surface area contributed by atoms with E-state index < -0.39 is 15.7 Å². The molecule has 3 heterocycles. The number of carbonyl (C=O) groups is 1. The number of para-hydroxylation sites is 2. The molecule has 1 atom stereocenters.